The predicted octanol–water partition coefficient (Wildman–Crippen LogP) is 2.83. The summed E-state index contributed by atoms with van der Waals surface area (Å²) in [6.45, 7) is 0. The van der Waals surface area contributed by atoms with Crippen molar-refractivity contribution in [2.24, 2.45) is 10.2 Å². The molecule has 0 bridgehead atoms. The number of hydrogen-bond donors (Lipinski definition) is 2. The largest absolute Gasteiger partial charge is 0.497 e. The van der Waals surface area contributed by atoms with Gasteiger partial charge in [0.1, 0.15) is 11.5 Å². The van der Waals surface area contributed by atoms with Crippen LogP contribution in [0.1, 0.15) is 11.1 Å². The van der Waals surface area contributed by atoms with Crippen molar-refractivity contribution in [3.63, 3.8) is 0 Å². The van der Waals surface area contributed by atoms with Crippen LogP contribution in [-0.2, 0) is 9.59 Å². The third-order valence-electron chi connectivity index (χ3n) is 3.35. The molecular formula is C18H16Br2N4O4. The molecule has 0 saturated carbocycles. The third kappa shape index (κ3) is 6.17. The van der Waals surface area contributed by atoms with Crippen molar-refractivity contribution >= 4 is 56.1 Å². The van der Waals surface area contributed by atoms with E-state index in [1.807, 2.05) is 0 Å². The lowest BCUT2D eigenvalue weighted by Gasteiger charge is -2.03. The highest BCUT2D eigenvalue weighted by Crippen LogP contribution is 2.21. The maximum Gasteiger partial charge on any atom is 0.331 e. The van der Waals surface area contributed by atoms with E-state index in [1.54, 1.807) is 50.6 Å². The van der Waals surface area contributed by atoms with Gasteiger partial charge in [0.05, 0.1) is 26.6 Å². The van der Waals surface area contributed by atoms with Crippen LogP contribution in [0.15, 0.2) is 55.5 Å². The van der Waals surface area contributed by atoms with Gasteiger partial charge in [-0.3, -0.25) is 9.59 Å². The van der Waals surface area contributed by atoms with E-state index in [0.717, 1.165) is 8.95 Å². The first-order chi connectivity index (χ1) is 13.4. The fourth-order valence-electron chi connectivity index (χ4n) is 1.92. The maximum absolute atomic E-state index is 11.8. The second-order valence-corrected chi connectivity index (χ2v) is 6.88. The first-order valence-electron chi connectivity index (χ1n) is 7.78. The molecule has 0 heterocycles. The minimum atomic E-state index is -0.961. The fourth-order valence-corrected chi connectivity index (χ4v) is 2.62. The van der Waals surface area contributed by atoms with E-state index in [9.17, 15) is 9.59 Å². The average Bonchev–Trinajstić information content (AvgIpc) is 2.70. The zero-order chi connectivity index (χ0) is 20.5. The van der Waals surface area contributed by atoms with E-state index >= 15 is 0 Å². The molecule has 0 radical (unpaired) electrons. The van der Waals surface area contributed by atoms with Crippen LogP contribution in [0.3, 0.4) is 0 Å². The van der Waals surface area contributed by atoms with Crippen molar-refractivity contribution in [2.75, 3.05) is 14.2 Å². The second kappa shape index (κ2) is 10.6. The van der Waals surface area contributed by atoms with Crippen LogP contribution in [0.5, 0.6) is 11.5 Å². The second-order valence-electron chi connectivity index (χ2n) is 5.17. The quantitative estimate of drug-likeness (QED) is 0.353. The maximum atomic E-state index is 11.8. The van der Waals surface area contributed by atoms with Crippen LogP contribution in [0.2, 0.25) is 0 Å². The number of halogens is 2. The number of hydrazone groups is 2. The van der Waals surface area contributed by atoms with E-state index in [2.05, 4.69) is 52.9 Å². The van der Waals surface area contributed by atoms with Gasteiger partial charge >= 0.3 is 11.8 Å². The highest BCUT2D eigenvalue weighted by atomic mass is 79.9. The minimum absolute atomic E-state index is 0.631. The lowest BCUT2D eigenvalue weighted by atomic mass is 10.2. The average molecular weight is 512 g/mol. The van der Waals surface area contributed by atoms with E-state index in [0.29, 0.717) is 22.6 Å². The van der Waals surface area contributed by atoms with Crippen molar-refractivity contribution < 1.29 is 19.1 Å². The standard InChI is InChI=1S/C18H16Br2N4O4/c1-27-13-3-5-15(19)11(7-13)9-21-23-17(25)18(26)24-22-10-12-8-14(28-2)4-6-16(12)20/h3-10H,1-2H3,(H,23,25)(H,24,26). The van der Waals surface area contributed by atoms with Crippen LogP contribution < -0.4 is 20.3 Å². The summed E-state index contributed by atoms with van der Waals surface area (Å²) < 4.78 is 11.7. The summed E-state index contributed by atoms with van der Waals surface area (Å²) in [7, 11) is 3.09. The number of methoxy groups -OCH3 is 2. The molecule has 0 saturated heterocycles. The van der Waals surface area contributed by atoms with Crippen molar-refractivity contribution in [1.29, 1.82) is 0 Å². The molecule has 146 valence electrons. The van der Waals surface area contributed by atoms with Gasteiger partial charge in [-0.25, -0.2) is 10.9 Å². The van der Waals surface area contributed by atoms with Crippen LogP contribution in [0.4, 0.5) is 0 Å². The number of benzene rings is 2. The van der Waals surface area contributed by atoms with Gasteiger partial charge in [-0.05, 0) is 36.4 Å². The van der Waals surface area contributed by atoms with E-state index in [4.69, 9.17) is 9.47 Å². The first kappa shape index (κ1) is 21.6. The Hall–Kier alpha value is -2.72. The molecule has 0 aromatic heterocycles. The number of ether oxygens (including phenoxy) is 2. The van der Waals surface area contributed by atoms with Crippen LogP contribution >= 0.6 is 31.9 Å². The summed E-state index contributed by atoms with van der Waals surface area (Å²) in [5.41, 5.74) is 5.59. The van der Waals surface area contributed by atoms with Crippen LogP contribution in [0.25, 0.3) is 0 Å². The minimum Gasteiger partial charge on any atom is -0.497 e. The molecule has 2 amide bonds. The van der Waals surface area contributed by atoms with Gasteiger partial charge in [0, 0.05) is 20.1 Å². The van der Waals surface area contributed by atoms with E-state index in [-0.39, 0.29) is 0 Å². The molecule has 0 fully saturated rings. The first-order valence-corrected chi connectivity index (χ1v) is 9.36. The smallest absolute Gasteiger partial charge is 0.331 e. The molecule has 0 unspecified atom stereocenters. The summed E-state index contributed by atoms with van der Waals surface area (Å²) in [4.78, 5) is 23.5. The summed E-state index contributed by atoms with van der Waals surface area (Å²) in [5.74, 6) is -0.659. The molecule has 0 atom stereocenters. The number of carbonyl (C=O) groups excluding carboxylic acids is 2. The molecule has 10 heteroatoms. The van der Waals surface area contributed by atoms with Gasteiger partial charge < -0.3 is 9.47 Å². The van der Waals surface area contributed by atoms with Gasteiger partial charge in [0.15, 0.2) is 0 Å². The molecule has 0 aliphatic heterocycles. The lowest BCUT2D eigenvalue weighted by Crippen LogP contribution is -2.35. The molecule has 8 nitrogen and oxygen atoms in total. The Labute approximate surface area is 178 Å². The monoisotopic (exact) mass is 510 g/mol. The van der Waals surface area contributed by atoms with Crippen molar-refractivity contribution in [2.45, 2.75) is 0 Å². The van der Waals surface area contributed by atoms with Crippen molar-refractivity contribution in [3.05, 3.63) is 56.5 Å². The Kier molecular flexibility index (Phi) is 8.15. The molecule has 2 N–H and O–H groups in total. The zero-order valence-corrected chi connectivity index (χ0v) is 18.1. The van der Waals surface area contributed by atoms with Crippen LogP contribution in [-0.4, -0.2) is 38.5 Å². The Balaban J connectivity index is 1.92. The molecule has 2 aromatic carbocycles. The number of nitrogens with one attached hydrogen (secondary N) is 2. The normalized spacial score (nSPS) is 10.9. The van der Waals surface area contributed by atoms with Crippen LogP contribution in [0, 0.1) is 0 Å². The Morgan fingerprint density at radius 2 is 1.21 bits per heavy atom. The molecule has 28 heavy (non-hydrogen) atoms. The summed E-state index contributed by atoms with van der Waals surface area (Å²) in [6.07, 6.45) is 2.77. The molecule has 2 rings (SSSR count). The van der Waals surface area contributed by atoms with Gasteiger partial charge in [-0.1, -0.05) is 31.9 Å². The molecule has 0 spiro atoms. The van der Waals surface area contributed by atoms with Crippen molar-refractivity contribution in [1.82, 2.24) is 10.9 Å². The predicted molar refractivity (Wildman–Crippen MR) is 113 cm³/mol. The Morgan fingerprint density at radius 1 is 0.821 bits per heavy atom. The Bertz CT molecular complexity index is 856. The third-order valence-corrected chi connectivity index (χ3v) is 4.80. The highest BCUT2D eigenvalue weighted by molar-refractivity contribution is 9.10. The molecule has 0 aliphatic rings. The molecule has 0 aliphatic carbocycles. The van der Waals surface area contributed by atoms with Gasteiger partial charge in [0.2, 0.25) is 0 Å². The van der Waals surface area contributed by atoms with Gasteiger partial charge in [0.25, 0.3) is 0 Å². The Morgan fingerprint density at radius 3 is 1.57 bits per heavy atom. The SMILES string of the molecule is COc1ccc(Br)c(C=NNC(=O)C(=O)NN=Cc2cc(OC)ccc2Br)c1. The van der Waals surface area contributed by atoms with E-state index < -0.39 is 11.8 Å². The topological polar surface area (TPSA) is 101 Å². The number of nitrogens with zero attached hydrogens (tertiary/aromatic N) is 2. The number of carbonyl (C=O) groups is 2. The molecule has 2 aromatic rings. The van der Waals surface area contributed by atoms with Gasteiger partial charge in [-0.15, -0.1) is 0 Å². The lowest BCUT2D eigenvalue weighted by molar-refractivity contribution is -0.139. The van der Waals surface area contributed by atoms with Crippen molar-refractivity contribution in [3.8, 4) is 11.5 Å². The van der Waals surface area contributed by atoms with Gasteiger partial charge in [-0.2, -0.15) is 10.2 Å². The summed E-state index contributed by atoms with van der Waals surface area (Å²) in [6, 6.07) is 10.5. The number of hydrogen-bond acceptors (Lipinski definition) is 6. The van der Waals surface area contributed by atoms with E-state index in [1.165, 1.54) is 12.4 Å². The summed E-state index contributed by atoms with van der Waals surface area (Å²) >= 11 is 6.72. The fraction of sp³-hybridized carbons (Fsp3) is 0.111. The zero-order valence-electron chi connectivity index (χ0n) is 14.9. The number of rotatable bonds is 6. The molecular weight excluding hydrogens is 496 g/mol. The summed E-state index contributed by atoms with van der Waals surface area (Å²) in [5, 5.41) is 7.51. The number of amides is 2. The highest BCUT2D eigenvalue weighted by Gasteiger charge is 2.11.